The fourth-order valence-electron chi connectivity index (χ4n) is 2.05. The number of nitrogens with one attached hydrogen (secondary N) is 1. The second-order valence-electron chi connectivity index (χ2n) is 4.61. The normalized spacial score (nSPS) is 12.2. The van der Waals surface area contributed by atoms with Crippen LogP contribution in [0.25, 0.3) is 0 Å². The number of rotatable bonds is 5. The lowest BCUT2D eigenvalue weighted by molar-refractivity contribution is 0.272. The van der Waals surface area contributed by atoms with E-state index in [0.717, 1.165) is 11.1 Å². The Kier molecular flexibility index (Phi) is 4.99. The summed E-state index contributed by atoms with van der Waals surface area (Å²) in [5.41, 5.74) is 1.93. The maximum Gasteiger partial charge on any atom is 0.123 e. The van der Waals surface area contributed by atoms with E-state index in [1.165, 1.54) is 12.1 Å². The van der Waals surface area contributed by atoms with Crippen molar-refractivity contribution in [3.05, 3.63) is 64.4 Å². The first-order chi connectivity index (χ1) is 9.60. The van der Waals surface area contributed by atoms with Crippen LogP contribution in [-0.2, 0) is 0 Å². The molecule has 0 bridgehead atoms. The molecule has 4 heteroatoms. The quantitative estimate of drug-likeness (QED) is 0.895. The maximum absolute atomic E-state index is 13.4. The van der Waals surface area contributed by atoms with E-state index >= 15 is 0 Å². The Bertz CT molecular complexity index is 588. The van der Waals surface area contributed by atoms with Gasteiger partial charge in [-0.15, -0.1) is 0 Å². The number of benzene rings is 2. The largest absolute Gasteiger partial charge is 0.492 e. The zero-order valence-corrected chi connectivity index (χ0v) is 12.2. The minimum atomic E-state index is -0.242. The third-order valence-electron chi connectivity index (χ3n) is 3.18. The number of hydrogen-bond donors (Lipinski definition) is 1. The first-order valence-electron chi connectivity index (χ1n) is 6.42. The van der Waals surface area contributed by atoms with Gasteiger partial charge in [-0.05, 0) is 55.4 Å². The second kappa shape index (κ2) is 6.73. The third kappa shape index (κ3) is 3.71. The van der Waals surface area contributed by atoms with Crippen LogP contribution in [-0.4, -0.2) is 13.7 Å². The van der Waals surface area contributed by atoms with Gasteiger partial charge >= 0.3 is 0 Å². The van der Waals surface area contributed by atoms with Gasteiger partial charge in [-0.2, -0.15) is 0 Å². The summed E-state index contributed by atoms with van der Waals surface area (Å²) < 4.78 is 19.1. The maximum atomic E-state index is 13.4. The molecular formula is C16H17ClFNO. The molecule has 0 aliphatic carbocycles. The van der Waals surface area contributed by atoms with Crippen molar-refractivity contribution in [3.8, 4) is 5.75 Å². The molecule has 0 aromatic heterocycles. The lowest BCUT2D eigenvalue weighted by atomic mass is 10.0. The number of halogens is 2. The van der Waals surface area contributed by atoms with Gasteiger partial charge in [0, 0.05) is 5.02 Å². The van der Waals surface area contributed by atoms with E-state index in [0.29, 0.717) is 17.4 Å². The molecule has 0 heterocycles. The molecule has 0 saturated carbocycles. The second-order valence-corrected chi connectivity index (χ2v) is 5.05. The predicted octanol–water partition coefficient (Wildman–Crippen LogP) is 4.13. The zero-order chi connectivity index (χ0) is 14.5. The molecule has 2 aromatic carbocycles. The van der Waals surface area contributed by atoms with Gasteiger partial charge in [0.1, 0.15) is 18.2 Å². The molecule has 0 radical (unpaired) electrons. The molecule has 2 rings (SSSR count). The molecule has 0 spiro atoms. The first-order valence-corrected chi connectivity index (χ1v) is 6.79. The van der Waals surface area contributed by atoms with E-state index < -0.39 is 0 Å². The summed E-state index contributed by atoms with van der Waals surface area (Å²) in [5.74, 6) is 0.459. The highest BCUT2D eigenvalue weighted by Crippen LogP contribution is 2.22. The smallest absolute Gasteiger partial charge is 0.123 e. The summed E-state index contributed by atoms with van der Waals surface area (Å²) in [6.45, 7) is 2.36. The van der Waals surface area contributed by atoms with Crippen LogP contribution in [0.2, 0.25) is 5.02 Å². The van der Waals surface area contributed by atoms with Gasteiger partial charge in [0.25, 0.3) is 0 Å². The Morgan fingerprint density at radius 1 is 1.25 bits per heavy atom. The Morgan fingerprint density at radius 3 is 2.75 bits per heavy atom. The molecule has 0 saturated heterocycles. The zero-order valence-electron chi connectivity index (χ0n) is 11.5. The summed E-state index contributed by atoms with van der Waals surface area (Å²) >= 11 is 5.91. The Hall–Kier alpha value is -1.58. The van der Waals surface area contributed by atoms with Crippen LogP contribution in [0.3, 0.4) is 0 Å². The minimum absolute atomic E-state index is 0.0790. The molecule has 0 aliphatic heterocycles. The van der Waals surface area contributed by atoms with Gasteiger partial charge in [-0.1, -0.05) is 23.7 Å². The van der Waals surface area contributed by atoms with Gasteiger partial charge in [0.05, 0.1) is 6.04 Å². The van der Waals surface area contributed by atoms with E-state index in [4.69, 9.17) is 16.3 Å². The van der Waals surface area contributed by atoms with Crippen molar-refractivity contribution < 1.29 is 9.13 Å². The standard InChI is InChI=1S/C16H17ClFNO/c1-11-6-7-13(18)9-15(11)16(19-2)10-20-14-5-3-4-12(17)8-14/h3-9,16,19H,10H2,1-2H3. The van der Waals surface area contributed by atoms with Crippen molar-refractivity contribution in [3.63, 3.8) is 0 Å². The first kappa shape index (κ1) is 14.8. The molecule has 2 nitrogen and oxygen atoms in total. The number of aryl methyl sites for hydroxylation is 1. The summed E-state index contributed by atoms with van der Waals surface area (Å²) in [4.78, 5) is 0. The highest BCUT2D eigenvalue weighted by molar-refractivity contribution is 6.30. The molecule has 0 amide bonds. The highest BCUT2D eigenvalue weighted by Gasteiger charge is 2.13. The number of hydrogen-bond acceptors (Lipinski definition) is 2. The van der Waals surface area contributed by atoms with E-state index in [2.05, 4.69) is 5.32 Å². The van der Waals surface area contributed by atoms with Crippen LogP contribution < -0.4 is 10.1 Å². The molecule has 1 unspecified atom stereocenters. The topological polar surface area (TPSA) is 21.3 Å². The van der Waals surface area contributed by atoms with Crippen LogP contribution >= 0.6 is 11.6 Å². The van der Waals surface area contributed by atoms with Gasteiger partial charge in [-0.25, -0.2) is 4.39 Å². The highest BCUT2D eigenvalue weighted by atomic mass is 35.5. The molecular weight excluding hydrogens is 277 g/mol. The summed E-state index contributed by atoms with van der Waals surface area (Å²) in [5, 5.41) is 3.78. The average Bonchev–Trinajstić information content (AvgIpc) is 2.43. The van der Waals surface area contributed by atoms with Gasteiger partial charge in [0.15, 0.2) is 0 Å². The Labute approximate surface area is 123 Å². The Morgan fingerprint density at radius 2 is 2.05 bits per heavy atom. The molecule has 0 fully saturated rings. The number of likely N-dealkylation sites (N-methyl/N-ethyl adjacent to an activating group) is 1. The molecule has 1 atom stereocenters. The van der Waals surface area contributed by atoms with Crippen LogP contribution in [0, 0.1) is 12.7 Å². The van der Waals surface area contributed by atoms with Crippen LogP contribution in [0.1, 0.15) is 17.2 Å². The monoisotopic (exact) mass is 293 g/mol. The van der Waals surface area contributed by atoms with Crippen molar-refractivity contribution in [2.75, 3.05) is 13.7 Å². The summed E-state index contributed by atoms with van der Waals surface area (Å²) in [6, 6.07) is 11.9. The fourth-order valence-corrected chi connectivity index (χ4v) is 2.23. The average molecular weight is 294 g/mol. The summed E-state index contributed by atoms with van der Waals surface area (Å²) in [7, 11) is 1.83. The van der Waals surface area contributed by atoms with E-state index in [9.17, 15) is 4.39 Å². The van der Waals surface area contributed by atoms with Crippen LogP contribution in [0.4, 0.5) is 4.39 Å². The van der Waals surface area contributed by atoms with E-state index in [1.54, 1.807) is 18.2 Å². The van der Waals surface area contributed by atoms with Gasteiger partial charge in [-0.3, -0.25) is 0 Å². The minimum Gasteiger partial charge on any atom is -0.492 e. The van der Waals surface area contributed by atoms with Crippen LogP contribution in [0.15, 0.2) is 42.5 Å². The van der Waals surface area contributed by atoms with Crippen molar-refractivity contribution in [2.45, 2.75) is 13.0 Å². The molecule has 106 valence electrons. The van der Waals surface area contributed by atoms with Crippen molar-refractivity contribution in [1.29, 1.82) is 0 Å². The molecule has 2 aromatic rings. The van der Waals surface area contributed by atoms with E-state index in [1.807, 2.05) is 26.1 Å². The van der Waals surface area contributed by atoms with Gasteiger partial charge in [0.2, 0.25) is 0 Å². The Balaban J connectivity index is 2.11. The predicted molar refractivity (Wildman–Crippen MR) is 79.9 cm³/mol. The van der Waals surface area contributed by atoms with E-state index in [-0.39, 0.29) is 11.9 Å². The summed E-state index contributed by atoms with van der Waals surface area (Å²) in [6.07, 6.45) is 0. The van der Waals surface area contributed by atoms with Gasteiger partial charge < -0.3 is 10.1 Å². The SMILES string of the molecule is CNC(COc1cccc(Cl)c1)c1cc(F)ccc1C. The lowest BCUT2D eigenvalue weighted by Crippen LogP contribution is -2.24. The van der Waals surface area contributed by atoms with Crippen molar-refractivity contribution >= 4 is 11.6 Å². The van der Waals surface area contributed by atoms with Crippen molar-refractivity contribution in [2.24, 2.45) is 0 Å². The fraction of sp³-hybridized carbons (Fsp3) is 0.250. The lowest BCUT2D eigenvalue weighted by Gasteiger charge is -2.19. The van der Waals surface area contributed by atoms with Crippen molar-refractivity contribution in [1.82, 2.24) is 5.32 Å². The molecule has 20 heavy (non-hydrogen) atoms. The number of ether oxygens (including phenoxy) is 1. The molecule has 0 aliphatic rings. The molecule has 1 N–H and O–H groups in total. The third-order valence-corrected chi connectivity index (χ3v) is 3.41. The van der Waals surface area contributed by atoms with Crippen LogP contribution in [0.5, 0.6) is 5.75 Å².